The molecule has 1 aliphatic rings. The molecule has 30 heavy (non-hydrogen) atoms. The van der Waals surface area contributed by atoms with Gasteiger partial charge in [-0.3, -0.25) is 4.79 Å². The molecule has 0 saturated carbocycles. The van der Waals surface area contributed by atoms with Gasteiger partial charge in [0.25, 0.3) is 0 Å². The van der Waals surface area contributed by atoms with E-state index in [2.05, 4.69) is 0 Å². The quantitative estimate of drug-likeness (QED) is 0.487. The molecule has 0 bridgehead atoms. The lowest BCUT2D eigenvalue weighted by molar-refractivity contribution is -0.140. The fourth-order valence-corrected chi connectivity index (χ4v) is 4.93. The molecule has 2 aromatic carbocycles. The molecule has 1 aliphatic heterocycles. The van der Waals surface area contributed by atoms with Crippen LogP contribution in [0, 0.1) is 19.8 Å². The van der Waals surface area contributed by atoms with Gasteiger partial charge >= 0.3 is 5.97 Å². The molecule has 0 aliphatic carbocycles. The lowest BCUT2D eigenvalue weighted by Crippen LogP contribution is -2.41. The summed E-state index contributed by atoms with van der Waals surface area (Å²) in [7, 11) is -3.55. The summed E-state index contributed by atoms with van der Waals surface area (Å²) in [6.07, 6.45) is 1.82. The van der Waals surface area contributed by atoms with E-state index < -0.39 is 10.0 Å². The summed E-state index contributed by atoms with van der Waals surface area (Å²) in [5.41, 5.74) is 2.00. The molecule has 3 rings (SSSR count). The maximum Gasteiger partial charge on any atom is 0.314 e. The van der Waals surface area contributed by atoms with Crippen LogP contribution in [0.3, 0.4) is 0 Å². The third kappa shape index (κ3) is 5.21. The van der Waals surface area contributed by atoms with Gasteiger partial charge < -0.3 is 9.47 Å². The number of carbonyl (C=O) groups excluding carboxylic acids is 1. The van der Waals surface area contributed by atoms with E-state index in [1.54, 1.807) is 36.4 Å². The summed E-state index contributed by atoms with van der Waals surface area (Å²) < 4.78 is 38.3. The van der Waals surface area contributed by atoms with Gasteiger partial charge in [0, 0.05) is 13.1 Å². The van der Waals surface area contributed by atoms with Crippen molar-refractivity contribution >= 4 is 16.0 Å². The topological polar surface area (TPSA) is 72.9 Å². The number of esters is 1. The second-order valence-corrected chi connectivity index (χ2v) is 9.60. The van der Waals surface area contributed by atoms with Crippen molar-refractivity contribution in [1.82, 2.24) is 4.31 Å². The molecule has 1 heterocycles. The average molecular weight is 432 g/mol. The fraction of sp³-hybridized carbons (Fsp3) is 0.435. The zero-order valence-corrected chi connectivity index (χ0v) is 18.6. The summed E-state index contributed by atoms with van der Waals surface area (Å²) in [6, 6.07) is 12.1. The summed E-state index contributed by atoms with van der Waals surface area (Å²) >= 11 is 0. The highest BCUT2D eigenvalue weighted by Gasteiger charge is 2.33. The number of ether oxygens (including phenoxy) is 2. The Balaban J connectivity index is 1.56. The summed E-state index contributed by atoms with van der Waals surface area (Å²) in [5, 5.41) is 0. The largest absolute Gasteiger partial charge is 0.494 e. The highest BCUT2D eigenvalue weighted by atomic mass is 32.2. The zero-order chi connectivity index (χ0) is 21.7. The standard InChI is InChI=1S/C23H29NO5S/c1-4-15-28-20-6-8-21(9-7-20)29-23(25)19-11-13-24(14-12-19)30(26,27)22-10-5-17(2)18(3)16-22/h5-10,16,19H,4,11-15H2,1-3H3. The van der Waals surface area contributed by atoms with Crippen molar-refractivity contribution in [2.75, 3.05) is 19.7 Å². The SMILES string of the molecule is CCCOc1ccc(OC(=O)C2CCN(S(=O)(=O)c3ccc(C)c(C)c3)CC2)cc1. The minimum absolute atomic E-state index is 0.303. The van der Waals surface area contributed by atoms with Crippen LogP contribution in [-0.2, 0) is 14.8 Å². The van der Waals surface area contributed by atoms with Gasteiger partial charge in [-0.2, -0.15) is 4.31 Å². The van der Waals surface area contributed by atoms with Crippen LogP contribution in [0.15, 0.2) is 47.4 Å². The smallest absolute Gasteiger partial charge is 0.314 e. The average Bonchev–Trinajstić information content (AvgIpc) is 2.75. The first kappa shape index (κ1) is 22.3. The van der Waals surface area contributed by atoms with Gasteiger partial charge in [0.05, 0.1) is 17.4 Å². The third-order valence-electron chi connectivity index (χ3n) is 5.42. The Kier molecular flexibility index (Phi) is 7.15. The van der Waals surface area contributed by atoms with Gasteiger partial charge in [-0.05, 0) is 80.6 Å². The molecule has 1 saturated heterocycles. The normalized spacial score (nSPS) is 15.7. The van der Waals surface area contributed by atoms with Crippen molar-refractivity contribution in [2.45, 2.75) is 44.9 Å². The van der Waals surface area contributed by atoms with Crippen LogP contribution in [0.5, 0.6) is 11.5 Å². The molecule has 2 aromatic rings. The minimum atomic E-state index is -3.55. The number of hydrogen-bond acceptors (Lipinski definition) is 5. The maximum absolute atomic E-state index is 12.9. The molecule has 0 spiro atoms. The number of rotatable bonds is 7. The van der Waals surface area contributed by atoms with E-state index >= 15 is 0 Å². The Bertz CT molecular complexity index is 977. The lowest BCUT2D eigenvalue weighted by atomic mass is 9.98. The lowest BCUT2D eigenvalue weighted by Gasteiger charge is -2.30. The number of sulfonamides is 1. The minimum Gasteiger partial charge on any atom is -0.494 e. The first-order valence-corrected chi connectivity index (χ1v) is 11.8. The Hall–Kier alpha value is -2.38. The van der Waals surface area contributed by atoms with E-state index in [4.69, 9.17) is 9.47 Å². The van der Waals surface area contributed by atoms with E-state index in [1.807, 2.05) is 26.8 Å². The van der Waals surface area contributed by atoms with Crippen molar-refractivity contribution in [3.05, 3.63) is 53.6 Å². The number of benzene rings is 2. The van der Waals surface area contributed by atoms with Crippen LogP contribution in [0.25, 0.3) is 0 Å². The molecule has 0 amide bonds. The third-order valence-corrected chi connectivity index (χ3v) is 7.31. The van der Waals surface area contributed by atoms with Crippen LogP contribution in [0.4, 0.5) is 0 Å². The molecular formula is C23H29NO5S. The van der Waals surface area contributed by atoms with E-state index in [-0.39, 0.29) is 11.9 Å². The summed E-state index contributed by atoms with van der Waals surface area (Å²) in [4.78, 5) is 12.8. The van der Waals surface area contributed by atoms with E-state index in [9.17, 15) is 13.2 Å². The summed E-state index contributed by atoms with van der Waals surface area (Å²) in [5.74, 6) is 0.572. The van der Waals surface area contributed by atoms with Gasteiger partial charge in [-0.15, -0.1) is 0 Å². The zero-order valence-electron chi connectivity index (χ0n) is 17.8. The van der Waals surface area contributed by atoms with Crippen molar-refractivity contribution in [3.63, 3.8) is 0 Å². The molecule has 1 fully saturated rings. The van der Waals surface area contributed by atoms with Crippen LogP contribution in [-0.4, -0.2) is 38.4 Å². The van der Waals surface area contributed by atoms with Gasteiger partial charge in [0.2, 0.25) is 10.0 Å². The van der Waals surface area contributed by atoms with Crippen LogP contribution in [0.2, 0.25) is 0 Å². The van der Waals surface area contributed by atoms with Crippen LogP contribution >= 0.6 is 0 Å². The van der Waals surface area contributed by atoms with Gasteiger partial charge in [-0.1, -0.05) is 13.0 Å². The predicted octanol–water partition coefficient (Wildman–Crippen LogP) is 4.10. The van der Waals surface area contributed by atoms with E-state index in [1.165, 1.54) is 4.31 Å². The van der Waals surface area contributed by atoms with Crippen LogP contribution in [0.1, 0.15) is 37.3 Å². The Morgan fingerprint density at radius 3 is 2.23 bits per heavy atom. The van der Waals surface area contributed by atoms with Crippen molar-refractivity contribution in [1.29, 1.82) is 0 Å². The Morgan fingerprint density at radius 1 is 1.00 bits per heavy atom. The number of nitrogens with zero attached hydrogens (tertiary/aromatic N) is 1. The molecule has 0 unspecified atom stereocenters. The van der Waals surface area contributed by atoms with Crippen molar-refractivity contribution < 1.29 is 22.7 Å². The first-order chi connectivity index (χ1) is 14.3. The van der Waals surface area contributed by atoms with E-state index in [0.717, 1.165) is 23.3 Å². The second-order valence-electron chi connectivity index (χ2n) is 7.67. The molecule has 0 radical (unpaired) electrons. The molecular weight excluding hydrogens is 402 g/mol. The fourth-order valence-electron chi connectivity index (χ4n) is 3.38. The van der Waals surface area contributed by atoms with Gasteiger partial charge in [-0.25, -0.2) is 8.42 Å². The Morgan fingerprint density at radius 2 is 1.63 bits per heavy atom. The van der Waals surface area contributed by atoms with Crippen molar-refractivity contribution in [2.24, 2.45) is 5.92 Å². The first-order valence-electron chi connectivity index (χ1n) is 10.3. The maximum atomic E-state index is 12.9. The highest BCUT2D eigenvalue weighted by Crippen LogP contribution is 2.27. The molecule has 162 valence electrons. The molecule has 6 nitrogen and oxygen atoms in total. The Labute approximate surface area is 178 Å². The number of aryl methyl sites for hydroxylation is 2. The molecule has 0 N–H and O–H groups in total. The monoisotopic (exact) mass is 431 g/mol. The number of carbonyl (C=O) groups is 1. The number of piperidine rings is 1. The summed E-state index contributed by atoms with van der Waals surface area (Å²) in [6.45, 7) is 7.14. The molecule has 0 aromatic heterocycles. The molecule has 7 heteroatoms. The van der Waals surface area contributed by atoms with E-state index in [0.29, 0.717) is 43.2 Å². The second kappa shape index (κ2) is 9.62. The van der Waals surface area contributed by atoms with Crippen LogP contribution < -0.4 is 9.47 Å². The number of hydrogen-bond donors (Lipinski definition) is 0. The highest BCUT2D eigenvalue weighted by molar-refractivity contribution is 7.89. The predicted molar refractivity (Wildman–Crippen MR) is 115 cm³/mol. The molecule has 0 atom stereocenters. The van der Waals surface area contributed by atoms with Gasteiger partial charge in [0.1, 0.15) is 11.5 Å². The van der Waals surface area contributed by atoms with Gasteiger partial charge in [0.15, 0.2) is 0 Å². The van der Waals surface area contributed by atoms with Crippen molar-refractivity contribution in [3.8, 4) is 11.5 Å².